The number of guanidine groups is 1. The van der Waals surface area contributed by atoms with E-state index in [1.54, 1.807) is 14.2 Å². The lowest BCUT2D eigenvalue weighted by Crippen LogP contribution is -2.40. The molecule has 0 bridgehead atoms. The van der Waals surface area contributed by atoms with Gasteiger partial charge < -0.3 is 24.8 Å². The summed E-state index contributed by atoms with van der Waals surface area (Å²) < 4.78 is 10.9. The number of hydrogen-bond acceptors (Lipinski definition) is 4. The van der Waals surface area contributed by atoms with Gasteiger partial charge in [-0.25, -0.2) is 0 Å². The minimum Gasteiger partial charge on any atom is -0.497 e. The van der Waals surface area contributed by atoms with E-state index < -0.39 is 0 Å². The maximum absolute atomic E-state index is 9.29. The number of aliphatic hydroxyl groups excluding tert-OH is 1. The fourth-order valence-corrected chi connectivity index (χ4v) is 3.85. The summed E-state index contributed by atoms with van der Waals surface area (Å²) in [7, 11) is 3.38. The van der Waals surface area contributed by atoms with E-state index >= 15 is 0 Å². The van der Waals surface area contributed by atoms with E-state index in [0.717, 1.165) is 69.3 Å². The van der Waals surface area contributed by atoms with Crippen molar-refractivity contribution in [3.05, 3.63) is 23.8 Å². The first-order valence-corrected chi connectivity index (χ1v) is 10.5. The molecule has 1 saturated heterocycles. The Morgan fingerprint density at radius 2 is 1.93 bits per heavy atom. The van der Waals surface area contributed by atoms with Gasteiger partial charge in [-0.3, -0.25) is 4.99 Å². The van der Waals surface area contributed by atoms with Gasteiger partial charge in [-0.1, -0.05) is 13.3 Å². The van der Waals surface area contributed by atoms with Crippen LogP contribution in [0.4, 0.5) is 0 Å². The lowest BCUT2D eigenvalue weighted by Gasteiger charge is -2.23. The number of nitrogens with zero attached hydrogens (tertiary/aromatic N) is 2. The highest BCUT2D eigenvalue weighted by molar-refractivity contribution is 5.80. The number of likely N-dealkylation sites (tertiary alicyclic amines) is 1. The number of methoxy groups -OCH3 is 2. The summed E-state index contributed by atoms with van der Waals surface area (Å²) >= 11 is 0. The fraction of sp³-hybridized carbons (Fsp3) is 0.682. The van der Waals surface area contributed by atoms with Crippen LogP contribution in [0, 0.1) is 5.92 Å². The van der Waals surface area contributed by atoms with Crippen molar-refractivity contribution in [2.45, 2.75) is 45.4 Å². The van der Waals surface area contributed by atoms with Gasteiger partial charge in [-0.05, 0) is 49.8 Å². The van der Waals surface area contributed by atoms with Crippen LogP contribution in [0.2, 0.25) is 0 Å². The summed E-state index contributed by atoms with van der Waals surface area (Å²) in [5.41, 5.74) is 1.25. The Morgan fingerprint density at radius 3 is 2.50 bits per heavy atom. The highest BCUT2D eigenvalue weighted by atomic mass is 16.5. The van der Waals surface area contributed by atoms with E-state index in [0.29, 0.717) is 11.8 Å². The maximum atomic E-state index is 9.29. The fourth-order valence-electron chi connectivity index (χ4n) is 3.85. The highest BCUT2D eigenvalue weighted by Gasteiger charge is 2.27. The van der Waals surface area contributed by atoms with Crippen molar-refractivity contribution in [1.29, 1.82) is 0 Å². The Balaban J connectivity index is 2.09. The smallest absolute Gasteiger partial charge is 0.193 e. The number of rotatable bonds is 10. The third-order valence-corrected chi connectivity index (χ3v) is 5.40. The first-order valence-electron chi connectivity index (χ1n) is 10.5. The summed E-state index contributed by atoms with van der Waals surface area (Å²) in [6, 6.07) is 6.13. The van der Waals surface area contributed by atoms with E-state index in [4.69, 9.17) is 14.5 Å². The first-order chi connectivity index (χ1) is 13.6. The molecule has 1 heterocycles. The topological polar surface area (TPSA) is 66.3 Å². The number of hydrogen-bond donors (Lipinski definition) is 2. The van der Waals surface area contributed by atoms with Crippen LogP contribution in [-0.2, 0) is 0 Å². The molecule has 1 aromatic rings. The average molecular weight is 392 g/mol. The molecule has 158 valence electrons. The molecule has 2 unspecified atom stereocenters. The zero-order valence-electron chi connectivity index (χ0n) is 17.9. The minimum absolute atomic E-state index is 0.236. The summed E-state index contributed by atoms with van der Waals surface area (Å²) in [4.78, 5) is 7.25. The lowest BCUT2D eigenvalue weighted by atomic mass is 9.98. The van der Waals surface area contributed by atoms with Crippen molar-refractivity contribution in [1.82, 2.24) is 10.2 Å². The van der Waals surface area contributed by atoms with E-state index in [9.17, 15) is 5.11 Å². The number of nitrogens with one attached hydrogen (secondary N) is 1. The third-order valence-electron chi connectivity index (χ3n) is 5.40. The molecular weight excluding hydrogens is 354 g/mol. The SMILES string of the molecule is CCCC(CCO)CN=C(NCC)N1CCC(c2cc(OC)cc(OC)c2)C1. The van der Waals surface area contributed by atoms with E-state index in [-0.39, 0.29) is 6.61 Å². The van der Waals surface area contributed by atoms with Gasteiger partial charge in [0.15, 0.2) is 5.96 Å². The lowest BCUT2D eigenvalue weighted by molar-refractivity contribution is 0.253. The molecule has 0 radical (unpaired) electrons. The van der Waals surface area contributed by atoms with Crippen molar-refractivity contribution < 1.29 is 14.6 Å². The molecule has 0 saturated carbocycles. The number of benzene rings is 1. The predicted octanol–water partition coefficient (Wildman–Crippen LogP) is 3.26. The van der Waals surface area contributed by atoms with Gasteiger partial charge in [0, 0.05) is 44.8 Å². The van der Waals surface area contributed by atoms with Gasteiger partial charge in [-0.15, -0.1) is 0 Å². The van der Waals surface area contributed by atoms with Crippen molar-refractivity contribution >= 4 is 5.96 Å². The maximum Gasteiger partial charge on any atom is 0.193 e. The van der Waals surface area contributed by atoms with Crippen LogP contribution in [0.5, 0.6) is 11.5 Å². The standard InChI is InChI=1S/C22H37N3O3/c1-5-7-17(9-11-26)15-24-22(23-6-2)25-10-8-18(16-25)19-12-20(27-3)14-21(13-19)28-4/h12-14,17-18,26H,5-11,15-16H2,1-4H3,(H,23,24). The number of aliphatic hydroxyl groups is 1. The number of aliphatic imine (C=N–C) groups is 1. The zero-order valence-corrected chi connectivity index (χ0v) is 17.9. The van der Waals surface area contributed by atoms with Gasteiger partial charge >= 0.3 is 0 Å². The molecule has 2 rings (SSSR count). The second-order valence-electron chi connectivity index (χ2n) is 7.44. The Morgan fingerprint density at radius 1 is 1.21 bits per heavy atom. The first kappa shape index (κ1) is 22.3. The van der Waals surface area contributed by atoms with Gasteiger partial charge in [0.05, 0.1) is 14.2 Å². The summed E-state index contributed by atoms with van der Waals surface area (Å²) in [5, 5.41) is 12.7. The van der Waals surface area contributed by atoms with Crippen molar-refractivity contribution in [2.75, 3.05) is 47.0 Å². The van der Waals surface area contributed by atoms with E-state index in [1.807, 2.05) is 6.07 Å². The van der Waals surface area contributed by atoms with Gasteiger partial charge in [0.25, 0.3) is 0 Å². The molecule has 0 aliphatic carbocycles. The Bertz CT molecular complexity index is 593. The van der Waals surface area contributed by atoms with Gasteiger partial charge in [0.1, 0.15) is 11.5 Å². The molecule has 1 aliphatic heterocycles. The molecule has 1 fully saturated rings. The molecule has 0 amide bonds. The molecule has 1 aliphatic rings. The largest absolute Gasteiger partial charge is 0.497 e. The molecule has 1 aromatic carbocycles. The van der Waals surface area contributed by atoms with Crippen LogP contribution in [0.3, 0.4) is 0 Å². The van der Waals surface area contributed by atoms with Crippen LogP contribution in [0.1, 0.15) is 51.0 Å². The van der Waals surface area contributed by atoms with Gasteiger partial charge in [-0.2, -0.15) is 0 Å². The minimum atomic E-state index is 0.236. The van der Waals surface area contributed by atoms with Crippen LogP contribution in [0.25, 0.3) is 0 Å². The molecule has 0 aromatic heterocycles. The monoisotopic (exact) mass is 391 g/mol. The molecule has 0 spiro atoms. The van der Waals surface area contributed by atoms with Crippen LogP contribution >= 0.6 is 0 Å². The Kier molecular flexibility index (Phi) is 9.41. The van der Waals surface area contributed by atoms with E-state index in [1.165, 1.54) is 5.56 Å². The molecule has 6 heteroatoms. The number of ether oxygens (including phenoxy) is 2. The second kappa shape index (κ2) is 11.8. The highest BCUT2D eigenvalue weighted by Crippen LogP contribution is 2.33. The Hall–Kier alpha value is -1.95. The Labute approximate surface area is 169 Å². The van der Waals surface area contributed by atoms with Crippen molar-refractivity contribution in [2.24, 2.45) is 10.9 Å². The molecular formula is C22H37N3O3. The van der Waals surface area contributed by atoms with Gasteiger partial charge in [0.2, 0.25) is 0 Å². The van der Waals surface area contributed by atoms with Crippen LogP contribution in [0.15, 0.2) is 23.2 Å². The normalized spacial score (nSPS) is 18.2. The van der Waals surface area contributed by atoms with Crippen molar-refractivity contribution in [3.8, 4) is 11.5 Å². The summed E-state index contributed by atoms with van der Waals surface area (Å²) in [5.74, 6) is 3.53. The van der Waals surface area contributed by atoms with Crippen LogP contribution < -0.4 is 14.8 Å². The molecule has 6 nitrogen and oxygen atoms in total. The average Bonchev–Trinajstić information content (AvgIpc) is 3.21. The van der Waals surface area contributed by atoms with E-state index in [2.05, 4.69) is 36.2 Å². The predicted molar refractivity (Wildman–Crippen MR) is 115 cm³/mol. The zero-order chi connectivity index (χ0) is 20.4. The van der Waals surface area contributed by atoms with Crippen LogP contribution in [-0.4, -0.2) is 63.0 Å². The molecule has 2 N–H and O–H groups in total. The summed E-state index contributed by atoms with van der Waals surface area (Å²) in [6.07, 6.45) is 4.13. The second-order valence-corrected chi connectivity index (χ2v) is 7.44. The molecule has 28 heavy (non-hydrogen) atoms. The summed E-state index contributed by atoms with van der Waals surface area (Å²) in [6.45, 7) is 8.06. The van der Waals surface area contributed by atoms with Crippen molar-refractivity contribution in [3.63, 3.8) is 0 Å². The quantitative estimate of drug-likeness (QED) is 0.473. The third kappa shape index (κ3) is 6.30. The molecule has 2 atom stereocenters.